The van der Waals surface area contributed by atoms with Gasteiger partial charge in [0.15, 0.2) is 0 Å². The maximum Gasteiger partial charge on any atom is 0.316 e. The molecule has 5 rings (SSSR count). The number of carbonyl (C=O) groups is 1. The molecule has 2 atom stereocenters. The quantitative estimate of drug-likeness (QED) is 0.400. The Bertz CT molecular complexity index is 1300. The Hall–Kier alpha value is -3.79. The highest BCUT2D eigenvalue weighted by Crippen LogP contribution is 2.39. The van der Waals surface area contributed by atoms with Crippen LogP contribution in [0.3, 0.4) is 0 Å². The number of carbonyl (C=O) groups excluding carboxylic acids is 1. The van der Waals surface area contributed by atoms with Gasteiger partial charge in [0, 0.05) is 11.9 Å². The summed E-state index contributed by atoms with van der Waals surface area (Å²) < 4.78 is 33.8. The predicted octanol–water partition coefficient (Wildman–Crippen LogP) is 2.74. The maximum absolute atomic E-state index is 14.7. The van der Waals surface area contributed by atoms with Gasteiger partial charge >= 0.3 is 6.01 Å². The molecule has 4 aromatic rings. The van der Waals surface area contributed by atoms with E-state index in [4.69, 9.17) is 4.42 Å². The first-order valence-corrected chi connectivity index (χ1v) is 9.54. The van der Waals surface area contributed by atoms with Crippen LogP contribution in [0.1, 0.15) is 5.56 Å². The molecule has 8 nitrogen and oxygen atoms in total. The SMILES string of the molecule is Cc1cc(F)c2[nH]c(-c3ccc(F)cc3)c(-c3nnc(N[C@@H]4C(=O)NC[C@H]4O)o3)c2c1. The molecule has 10 heteroatoms. The van der Waals surface area contributed by atoms with Gasteiger partial charge in [0.2, 0.25) is 5.91 Å². The first-order valence-electron chi connectivity index (χ1n) is 9.54. The largest absolute Gasteiger partial charge is 0.403 e. The molecular weight excluding hydrogens is 408 g/mol. The number of aryl methyl sites for hydroxylation is 1. The van der Waals surface area contributed by atoms with Gasteiger partial charge < -0.3 is 25.1 Å². The van der Waals surface area contributed by atoms with E-state index in [0.717, 1.165) is 0 Å². The van der Waals surface area contributed by atoms with Crippen molar-refractivity contribution < 1.29 is 23.1 Å². The van der Waals surface area contributed by atoms with E-state index in [1.807, 2.05) is 0 Å². The standard InChI is InChI=1S/C21H17F2N5O3/c1-9-6-12-15(20-27-28-21(31-20)26-18-14(29)8-24-19(18)30)16(25-17(12)13(23)7-9)10-2-4-11(22)5-3-10/h2-7,14,18,25,29H,8H2,1H3,(H,24,30)(H,26,28)/t14-,18+/m1/s1. The van der Waals surface area contributed by atoms with E-state index in [1.54, 1.807) is 25.1 Å². The molecule has 2 aromatic heterocycles. The average Bonchev–Trinajstić information content (AvgIpc) is 3.42. The highest BCUT2D eigenvalue weighted by Gasteiger charge is 2.34. The second kappa shape index (κ2) is 7.17. The highest BCUT2D eigenvalue weighted by molar-refractivity contribution is 6.02. The molecule has 1 saturated heterocycles. The minimum atomic E-state index is -0.942. The fourth-order valence-electron chi connectivity index (χ4n) is 3.73. The number of β-amino-alcohol motifs (C(OH)–C–C–N with tert-alkyl or cyclic N) is 1. The van der Waals surface area contributed by atoms with Gasteiger partial charge in [-0.1, -0.05) is 5.10 Å². The minimum Gasteiger partial charge on any atom is -0.403 e. The number of nitrogens with one attached hydrogen (secondary N) is 3. The van der Waals surface area contributed by atoms with E-state index in [0.29, 0.717) is 27.8 Å². The Morgan fingerprint density at radius 1 is 1.19 bits per heavy atom. The van der Waals surface area contributed by atoms with Crippen molar-refractivity contribution in [3.63, 3.8) is 0 Å². The van der Waals surface area contributed by atoms with Crippen molar-refractivity contribution in [3.05, 3.63) is 53.6 Å². The number of fused-ring (bicyclic) bond motifs is 1. The van der Waals surface area contributed by atoms with Crippen LogP contribution >= 0.6 is 0 Å². The highest BCUT2D eigenvalue weighted by atomic mass is 19.1. The molecule has 31 heavy (non-hydrogen) atoms. The zero-order chi connectivity index (χ0) is 21.7. The number of nitrogens with zero attached hydrogens (tertiary/aromatic N) is 2. The molecule has 1 aliphatic rings. The van der Waals surface area contributed by atoms with Crippen molar-refractivity contribution >= 4 is 22.8 Å². The monoisotopic (exact) mass is 425 g/mol. The first kappa shape index (κ1) is 19.2. The van der Waals surface area contributed by atoms with Crippen LogP contribution < -0.4 is 10.6 Å². The third kappa shape index (κ3) is 3.30. The zero-order valence-electron chi connectivity index (χ0n) is 16.2. The fourth-order valence-corrected chi connectivity index (χ4v) is 3.73. The zero-order valence-corrected chi connectivity index (χ0v) is 16.2. The van der Waals surface area contributed by atoms with Gasteiger partial charge in [-0.2, -0.15) is 0 Å². The molecule has 158 valence electrons. The molecule has 0 radical (unpaired) electrons. The Morgan fingerprint density at radius 2 is 1.97 bits per heavy atom. The van der Waals surface area contributed by atoms with Crippen molar-refractivity contribution in [1.82, 2.24) is 20.5 Å². The number of aromatic nitrogens is 3. The molecule has 0 bridgehead atoms. The number of aliphatic hydroxyl groups is 1. The Labute approximate surface area is 174 Å². The van der Waals surface area contributed by atoms with Crippen LogP contribution in [0.25, 0.3) is 33.6 Å². The number of anilines is 1. The van der Waals surface area contributed by atoms with E-state index in [9.17, 15) is 18.7 Å². The van der Waals surface area contributed by atoms with Gasteiger partial charge in [0.1, 0.15) is 23.8 Å². The maximum atomic E-state index is 14.7. The molecule has 3 heterocycles. The summed E-state index contributed by atoms with van der Waals surface area (Å²) in [5, 5.41) is 23.7. The first-order chi connectivity index (χ1) is 14.9. The Kier molecular flexibility index (Phi) is 4.44. The van der Waals surface area contributed by atoms with Crippen LogP contribution in [-0.2, 0) is 4.79 Å². The molecule has 0 saturated carbocycles. The van der Waals surface area contributed by atoms with Crippen LogP contribution in [0.2, 0.25) is 0 Å². The molecule has 0 unspecified atom stereocenters. The normalized spacial score (nSPS) is 18.5. The number of H-pyrrole nitrogens is 1. The number of benzene rings is 2. The van der Waals surface area contributed by atoms with Crippen LogP contribution in [0.4, 0.5) is 14.8 Å². The molecule has 1 fully saturated rings. The van der Waals surface area contributed by atoms with Gasteiger partial charge in [-0.05, 0) is 54.4 Å². The summed E-state index contributed by atoms with van der Waals surface area (Å²) in [4.78, 5) is 14.9. The van der Waals surface area contributed by atoms with Crippen LogP contribution in [0, 0.1) is 18.6 Å². The van der Waals surface area contributed by atoms with Crippen LogP contribution in [-0.4, -0.2) is 44.9 Å². The number of aliphatic hydroxyl groups excluding tert-OH is 1. The predicted molar refractivity (Wildman–Crippen MR) is 108 cm³/mol. The lowest BCUT2D eigenvalue weighted by atomic mass is 10.0. The molecule has 0 aliphatic carbocycles. The van der Waals surface area contributed by atoms with Crippen molar-refractivity contribution in [3.8, 4) is 22.7 Å². The van der Waals surface area contributed by atoms with Crippen molar-refractivity contribution in [2.75, 3.05) is 11.9 Å². The van der Waals surface area contributed by atoms with Gasteiger partial charge in [-0.25, -0.2) is 8.78 Å². The smallest absolute Gasteiger partial charge is 0.316 e. The molecular formula is C21H17F2N5O3. The summed E-state index contributed by atoms with van der Waals surface area (Å²) in [5.74, 6) is -1.16. The third-order valence-electron chi connectivity index (χ3n) is 5.21. The minimum absolute atomic E-state index is 0.0661. The van der Waals surface area contributed by atoms with E-state index >= 15 is 0 Å². The molecule has 4 N–H and O–H groups in total. The molecule has 1 aliphatic heterocycles. The molecule has 1 amide bonds. The van der Waals surface area contributed by atoms with E-state index in [-0.39, 0.29) is 29.9 Å². The number of hydrogen-bond acceptors (Lipinski definition) is 6. The fraction of sp³-hybridized carbons (Fsp3) is 0.190. The topological polar surface area (TPSA) is 116 Å². The summed E-state index contributed by atoms with van der Waals surface area (Å²) >= 11 is 0. The lowest BCUT2D eigenvalue weighted by molar-refractivity contribution is -0.120. The number of hydrogen-bond donors (Lipinski definition) is 4. The van der Waals surface area contributed by atoms with E-state index in [2.05, 4.69) is 25.8 Å². The lowest BCUT2D eigenvalue weighted by Gasteiger charge is -2.10. The second-order valence-corrected chi connectivity index (χ2v) is 7.40. The van der Waals surface area contributed by atoms with Crippen molar-refractivity contribution in [2.24, 2.45) is 0 Å². The summed E-state index contributed by atoms with van der Waals surface area (Å²) in [6, 6.07) is 7.91. The third-order valence-corrected chi connectivity index (χ3v) is 5.21. The summed E-state index contributed by atoms with van der Waals surface area (Å²) in [7, 11) is 0. The number of amides is 1. The molecule has 2 aromatic carbocycles. The van der Waals surface area contributed by atoms with Crippen LogP contribution in [0.15, 0.2) is 40.8 Å². The Balaban J connectivity index is 1.63. The number of aromatic amines is 1. The van der Waals surface area contributed by atoms with Crippen LogP contribution in [0.5, 0.6) is 0 Å². The summed E-state index contributed by atoms with van der Waals surface area (Å²) in [5.41, 5.74) is 2.47. The average molecular weight is 425 g/mol. The summed E-state index contributed by atoms with van der Waals surface area (Å²) in [6.07, 6.45) is -0.942. The van der Waals surface area contributed by atoms with Crippen molar-refractivity contribution in [1.29, 1.82) is 0 Å². The van der Waals surface area contributed by atoms with E-state index in [1.165, 1.54) is 18.2 Å². The Morgan fingerprint density at radius 3 is 2.68 bits per heavy atom. The van der Waals surface area contributed by atoms with Crippen molar-refractivity contribution in [2.45, 2.75) is 19.1 Å². The van der Waals surface area contributed by atoms with E-state index < -0.39 is 23.8 Å². The van der Waals surface area contributed by atoms with Gasteiger partial charge in [-0.15, -0.1) is 5.10 Å². The second-order valence-electron chi connectivity index (χ2n) is 7.40. The molecule has 0 spiro atoms. The van der Waals surface area contributed by atoms with Gasteiger partial charge in [0.05, 0.1) is 16.8 Å². The van der Waals surface area contributed by atoms with Gasteiger partial charge in [0.25, 0.3) is 5.89 Å². The number of halogens is 2. The summed E-state index contributed by atoms with van der Waals surface area (Å²) in [6.45, 7) is 1.88. The lowest BCUT2D eigenvalue weighted by Crippen LogP contribution is -2.36. The van der Waals surface area contributed by atoms with Gasteiger partial charge in [-0.3, -0.25) is 4.79 Å². The number of rotatable bonds is 4.